The molecule has 0 unspecified atom stereocenters. The Morgan fingerprint density at radius 1 is 1.17 bits per heavy atom. The van der Waals surface area contributed by atoms with Crippen molar-refractivity contribution in [1.29, 1.82) is 0 Å². The van der Waals surface area contributed by atoms with Crippen molar-refractivity contribution in [3.05, 3.63) is 71.5 Å². The summed E-state index contributed by atoms with van der Waals surface area (Å²) in [6, 6.07) is 16.5. The predicted molar refractivity (Wildman–Crippen MR) is 116 cm³/mol. The van der Waals surface area contributed by atoms with Crippen LogP contribution in [0.25, 0.3) is 0 Å². The topological polar surface area (TPSA) is 54.3 Å². The highest BCUT2D eigenvalue weighted by molar-refractivity contribution is 6.01. The van der Waals surface area contributed by atoms with Crippen LogP contribution >= 0.6 is 0 Å². The van der Waals surface area contributed by atoms with Crippen LogP contribution in [-0.2, 0) is 16.1 Å². The van der Waals surface area contributed by atoms with Gasteiger partial charge in [0, 0.05) is 32.7 Å². The van der Waals surface area contributed by atoms with Gasteiger partial charge in [0.2, 0.25) is 0 Å². The van der Waals surface area contributed by atoms with Gasteiger partial charge in [-0.1, -0.05) is 61.5 Å². The first kappa shape index (κ1) is 22.4. The van der Waals surface area contributed by atoms with Crippen LogP contribution in [0.4, 0.5) is 4.39 Å². The highest BCUT2D eigenvalue weighted by Gasteiger charge is 2.25. The van der Waals surface area contributed by atoms with Gasteiger partial charge in [-0.2, -0.15) is 0 Å². The predicted octanol–water partition coefficient (Wildman–Crippen LogP) is 3.85. The van der Waals surface area contributed by atoms with Gasteiger partial charge >= 0.3 is 0 Å². The average molecular weight is 415 g/mol. The van der Waals surface area contributed by atoms with E-state index in [2.05, 4.69) is 23.9 Å². The van der Waals surface area contributed by atoms with E-state index in [1.54, 1.807) is 6.07 Å². The maximum absolute atomic E-state index is 13.6. The number of hydrogen-bond donors (Lipinski definition) is 1. The van der Waals surface area contributed by atoms with Crippen LogP contribution in [0.1, 0.15) is 31.4 Å². The molecule has 2 aromatic rings. The van der Waals surface area contributed by atoms with E-state index in [1.165, 1.54) is 12.1 Å². The summed E-state index contributed by atoms with van der Waals surface area (Å²) < 4.78 is 19.2. The molecule has 0 aromatic heterocycles. The van der Waals surface area contributed by atoms with Gasteiger partial charge in [0.1, 0.15) is 11.9 Å². The molecule has 30 heavy (non-hydrogen) atoms. The fourth-order valence-corrected chi connectivity index (χ4v) is 3.50. The molecule has 0 saturated heterocycles. The smallest absolute Gasteiger partial charge is 0.145 e. The molecule has 1 aliphatic rings. The molecule has 0 spiro atoms. The van der Waals surface area contributed by atoms with E-state index in [9.17, 15) is 9.50 Å². The summed E-state index contributed by atoms with van der Waals surface area (Å²) in [7, 11) is 0. The van der Waals surface area contributed by atoms with Gasteiger partial charge in [-0.15, -0.1) is 0 Å². The molecule has 1 aliphatic heterocycles. The number of halogens is 1. The zero-order valence-electron chi connectivity index (χ0n) is 17.7. The van der Waals surface area contributed by atoms with Crippen LogP contribution < -0.4 is 0 Å². The number of nitrogens with zero attached hydrogens (tertiary/aromatic N) is 2. The van der Waals surface area contributed by atoms with Crippen molar-refractivity contribution in [2.45, 2.75) is 39.0 Å². The van der Waals surface area contributed by atoms with Crippen molar-refractivity contribution in [2.75, 3.05) is 26.3 Å². The van der Waals surface area contributed by atoms with Gasteiger partial charge in [-0.3, -0.25) is 4.90 Å². The average Bonchev–Trinajstić information content (AvgIpc) is 3.17. The molecule has 0 fully saturated rings. The first-order valence-corrected chi connectivity index (χ1v) is 10.5. The molecule has 3 rings (SSSR count). The lowest BCUT2D eigenvalue weighted by Gasteiger charge is -2.27. The Kier molecular flexibility index (Phi) is 8.37. The van der Waals surface area contributed by atoms with E-state index in [-0.39, 0.29) is 18.5 Å². The molecule has 0 aliphatic carbocycles. The molecular weight excluding hydrogens is 383 g/mol. The van der Waals surface area contributed by atoms with Crippen LogP contribution in [0.3, 0.4) is 0 Å². The van der Waals surface area contributed by atoms with Crippen molar-refractivity contribution in [2.24, 2.45) is 11.1 Å². The summed E-state index contributed by atoms with van der Waals surface area (Å²) in [5.74, 6) is 0.154. The molecule has 2 atom stereocenters. The molecule has 1 heterocycles. The minimum Gasteiger partial charge on any atom is -0.390 e. The number of benzene rings is 2. The molecule has 2 aromatic carbocycles. The lowest BCUT2D eigenvalue weighted by atomic mass is 10.0. The third kappa shape index (κ3) is 7.20. The van der Waals surface area contributed by atoms with E-state index in [0.717, 1.165) is 16.8 Å². The Balaban J connectivity index is 1.59. The van der Waals surface area contributed by atoms with Crippen LogP contribution in [0, 0.1) is 11.7 Å². The van der Waals surface area contributed by atoms with E-state index in [1.807, 2.05) is 36.4 Å². The molecule has 5 nitrogen and oxygen atoms in total. The largest absolute Gasteiger partial charge is 0.390 e. The highest BCUT2D eigenvalue weighted by Crippen LogP contribution is 2.19. The number of oxime groups is 1. The number of ether oxygens (including phenoxy) is 1. The van der Waals surface area contributed by atoms with Gasteiger partial charge in [-0.25, -0.2) is 4.39 Å². The second-order valence-corrected chi connectivity index (χ2v) is 8.24. The molecule has 6 heteroatoms. The standard InChI is InChI=1S/C24H31FN2O3/c1-18(2)16-29-17-22(28)14-27(13-19-7-6-10-21(25)11-19)15-23-12-24(26-30-23)20-8-4-3-5-9-20/h3-11,18,22-23,28H,12-17H2,1-2H3/t22-,23-/m1/s1. The van der Waals surface area contributed by atoms with Crippen LogP contribution in [-0.4, -0.2) is 54.2 Å². The summed E-state index contributed by atoms with van der Waals surface area (Å²) in [4.78, 5) is 7.74. The van der Waals surface area contributed by atoms with Crippen LogP contribution in [0.5, 0.6) is 0 Å². The first-order valence-electron chi connectivity index (χ1n) is 10.5. The monoisotopic (exact) mass is 414 g/mol. The molecular formula is C24H31FN2O3. The minimum absolute atomic E-state index is 0.113. The third-order valence-electron chi connectivity index (χ3n) is 4.83. The summed E-state index contributed by atoms with van der Waals surface area (Å²) in [6.07, 6.45) is -0.0466. The third-order valence-corrected chi connectivity index (χ3v) is 4.83. The lowest BCUT2D eigenvalue weighted by molar-refractivity contribution is -0.00735. The Hall–Kier alpha value is -2.28. The van der Waals surface area contributed by atoms with E-state index >= 15 is 0 Å². The van der Waals surface area contributed by atoms with Crippen molar-refractivity contribution < 1.29 is 19.1 Å². The van der Waals surface area contributed by atoms with Crippen molar-refractivity contribution >= 4 is 5.71 Å². The maximum Gasteiger partial charge on any atom is 0.145 e. The number of aliphatic hydroxyl groups excluding tert-OH is 1. The molecule has 0 radical (unpaired) electrons. The van der Waals surface area contributed by atoms with Crippen LogP contribution in [0.2, 0.25) is 0 Å². The van der Waals surface area contributed by atoms with Crippen molar-refractivity contribution in [3.8, 4) is 0 Å². The van der Waals surface area contributed by atoms with Crippen molar-refractivity contribution in [3.63, 3.8) is 0 Å². The Morgan fingerprint density at radius 3 is 2.70 bits per heavy atom. The second kappa shape index (κ2) is 11.2. The van der Waals surface area contributed by atoms with Gasteiger partial charge < -0.3 is 14.7 Å². The fraction of sp³-hybridized carbons (Fsp3) is 0.458. The highest BCUT2D eigenvalue weighted by atomic mass is 19.1. The maximum atomic E-state index is 13.6. The normalized spacial score (nSPS) is 17.3. The number of rotatable bonds is 11. The minimum atomic E-state index is -0.631. The first-order chi connectivity index (χ1) is 14.5. The molecule has 0 bridgehead atoms. The Labute approximate surface area is 178 Å². The quantitative estimate of drug-likeness (QED) is 0.607. The van der Waals surface area contributed by atoms with Gasteiger partial charge in [0.25, 0.3) is 0 Å². The van der Waals surface area contributed by atoms with Gasteiger partial charge in [0.05, 0.1) is 18.4 Å². The summed E-state index contributed by atoms with van der Waals surface area (Å²) in [5.41, 5.74) is 2.83. The van der Waals surface area contributed by atoms with Gasteiger partial charge in [-0.05, 0) is 29.2 Å². The van der Waals surface area contributed by atoms with E-state index < -0.39 is 6.10 Å². The summed E-state index contributed by atoms with van der Waals surface area (Å²) in [6.45, 7) is 6.54. The summed E-state index contributed by atoms with van der Waals surface area (Å²) in [5, 5.41) is 14.7. The Bertz CT molecular complexity index is 813. The lowest BCUT2D eigenvalue weighted by Crippen LogP contribution is -2.39. The number of hydrogen-bond acceptors (Lipinski definition) is 5. The molecule has 162 valence electrons. The van der Waals surface area contributed by atoms with Crippen LogP contribution in [0.15, 0.2) is 59.8 Å². The van der Waals surface area contributed by atoms with E-state index in [0.29, 0.717) is 38.6 Å². The zero-order chi connectivity index (χ0) is 21.3. The summed E-state index contributed by atoms with van der Waals surface area (Å²) >= 11 is 0. The van der Waals surface area contributed by atoms with E-state index in [4.69, 9.17) is 9.57 Å². The van der Waals surface area contributed by atoms with Crippen molar-refractivity contribution in [1.82, 2.24) is 4.90 Å². The Morgan fingerprint density at radius 2 is 1.97 bits per heavy atom. The molecule has 0 amide bonds. The fourth-order valence-electron chi connectivity index (χ4n) is 3.50. The SMILES string of the molecule is CC(C)COC[C@H](O)CN(Cc1cccc(F)c1)C[C@H]1CC(c2ccccc2)=NO1. The number of aliphatic hydroxyl groups is 1. The zero-order valence-corrected chi connectivity index (χ0v) is 17.7. The van der Waals surface area contributed by atoms with Gasteiger partial charge in [0.15, 0.2) is 0 Å². The second-order valence-electron chi connectivity index (χ2n) is 8.24. The molecule has 1 N–H and O–H groups in total. The molecule has 0 saturated carbocycles.